The number of aromatic amines is 1. The van der Waals surface area contributed by atoms with Gasteiger partial charge < -0.3 is 0 Å². The van der Waals surface area contributed by atoms with E-state index >= 15 is 0 Å². The number of hydrogen-bond donors (Lipinski definition) is 1. The number of halogens is 1. The Morgan fingerprint density at radius 1 is 0.778 bits per heavy atom. The minimum atomic E-state index is -0.602. The zero-order valence-electron chi connectivity index (χ0n) is 21.6. The number of aromatic nitrogens is 2. The predicted molar refractivity (Wildman–Crippen MR) is 140 cm³/mol. The highest BCUT2D eigenvalue weighted by Gasteiger charge is 2.42. The Balaban J connectivity index is 1.30. The summed E-state index contributed by atoms with van der Waals surface area (Å²) in [5.74, 6) is -1.88. The van der Waals surface area contributed by atoms with Gasteiger partial charge in [-0.3, -0.25) is 19.5 Å². The number of H-pyrrole nitrogens is 1. The van der Waals surface area contributed by atoms with Crippen LogP contribution >= 0.6 is 0 Å². The Hall–Kier alpha value is -2.83. The van der Waals surface area contributed by atoms with Crippen LogP contribution in [0, 0.1) is 5.82 Å². The largest absolute Gasteiger partial charge is 0.292 e. The molecule has 0 atom stereocenters. The van der Waals surface area contributed by atoms with Crippen molar-refractivity contribution in [2.45, 2.75) is 110 Å². The molecule has 0 bridgehead atoms. The van der Waals surface area contributed by atoms with E-state index in [4.69, 9.17) is 0 Å². The number of benzene rings is 1. The summed E-state index contributed by atoms with van der Waals surface area (Å²) in [5, 5.41) is 6.52. The van der Waals surface area contributed by atoms with Gasteiger partial charge >= 0.3 is 0 Å². The van der Waals surface area contributed by atoms with Gasteiger partial charge in [0.15, 0.2) is 5.78 Å². The van der Waals surface area contributed by atoms with Gasteiger partial charge in [-0.15, -0.1) is 0 Å². The van der Waals surface area contributed by atoms with Crippen LogP contribution in [0.5, 0.6) is 0 Å². The van der Waals surface area contributed by atoms with Crippen molar-refractivity contribution in [3.05, 3.63) is 47.0 Å². The highest BCUT2D eigenvalue weighted by atomic mass is 19.1. The van der Waals surface area contributed by atoms with E-state index in [0.29, 0.717) is 6.42 Å². The molecule has 1 aromatic heterocycles. The smallest absolute Gasteiger partial charge is 0.284 e. The van der Waals surface area contributed by atoms with Crippen LogP contribution in [-0.2, 0) is 0 Å². The first-order valence-corrected chi connectivity index (χ1v) is 13.8. The predicted octanol–water partition coefficient (Wildman–Crippen LogP) is 7.79. The number of unbranched alkanes of at least 4 members (excludes halogenated alkanes) is 14. The lowest BCUT2D eigenvalue weighted by Crippen LogP contribution is -2.30. The molecule has 2 aromatic rings. The first kappa shape index (κ1) is 27.8. The molecule has 0 aliphatic carbocycles. The minimum Gasteiger partial charge on any atom is -0.292 e. The van der Waals surface area contributed by atoms with Crippen LogP contribution in [0.2, 0.25) is 0 Å². The Morgan fingerprint density at radius 2 is 1.28 bits per heavy atom. The Bertz CT molecular complexity index is 1000. The van der Waals surface area contributed by atoms with Crippen molar-refractivity contribution in [1.82, 2.24) is 10.2 Å². The van der Waals surface area contributed by atoms with Crippen LogP contribution in [0.1, 0.15) is 141 Å². The van der Waals surface area contributed by atoms with Crippen LogP contribution < -0.4 is 4.90 Å². The van der Waals surface area contributed by atoms with Crippen molar-refractivity contribution in [3.8, 4) is 0 Å². The fraction of sp³-hybridized carbons (Fsp3) is 0.586. The minimum absolute atomic E-state index is 0.0177. The second-order valence-corrected chi connectivity index (χ2v) is 9.87. The van der Waals surface area contributed by atoms with Gasteiger partial charge in [-0.05, 0) is 30.7 Å². The fourth-order valence-electron chi connectivity index (χ4n) is 4.82. The van der Waals surface area contributed by atoms with E-state index in [9.17, 15) is 18.8 Å². The zero-order chi connectivity index (χ0) is 25.8. The second-order valence-electron chi connectivity index (χ2n) is 9.87. The van der Waals surface area contributed by atoms with Crippen LogP contribution in [0.4, 0.5) is 10.1 Å². The van der Waals surface area contributed by atoms with Crippen molar-refractivity contribution in [2.75, 3.05) is 4.90 Å². The molecular formula is C29H40FN3O3. The lowest BCUT2D eigenvalue weighted by molar-refractivity contribution is 0.0910. The lowest BCUT2D eigenvalue weighted by Gasteiger charge is -2.13. The van der Waals surface area contributed by atoms with Crippen LogP contribution in [0.15, 0.2) is 24.3 Å². The number of Topliss-reactive ketones (excluding diaryl/α,β-unsaturated/α-hetero) is 1. The van der Waals surface area contributed by atoms with Crippen molar-refractivity contribution < 1.29 is 18.8 Å². The van der Waals surface area contributed by atoms with E-state index in [1.807, 2.05) is 0 Å². The van der Waals surface area contributed by atoms with Gasteiger partial charge in [0.1, 0.15) is 22.8 Å². The molecule has 1 aromatic carbocycles. The molecule has 1 aliphatic heterocycles. The first-order chi connectivity index (χ1) is 17.5. The highest BCUT2D eigenvalue weighted by Crippen LogP contribution is 2.30. The normalized spacial score (nSPS) is 13.0. The average molecular weight is 498 g/mol. The number of nitrogens with one attached hydrogen (secondary N) is 1. The van der Waals surface area contributed by atoms with Crippen LogP contribution in [0.3, 0.4) is 0 Å². The number of amides is 2. The van der Waals surface area contributed by atoms with Gasteiger partial charge in [0.2, 0.25) is 0 Å². The molecule has 0 fully saturated rings. The third-order valence-corrected chi connectivity index (χ3v) is 6.96. The van der Waals surface area contributed by atoms with E-state index in [1.165, 1.54) is 101 Å². The van der Waals surface area contributed by atoms with Crippen molar-refractivity contribution in [1.29, 1.82) is 0 Å². The molecule has 7 heteroatoms. The van der Waals surface area contributed by atoms with E-state index < -0.39 is 17.6 Å². The van der Waals surface area contributed by atoms with Gasteiger partial charge in [0.05, 0.1) is 5.69 Å². The van der Waals surface area contributed by atoms with Crippen molar-refractivity contribution >= 4 is 23.3 Å². The molecule has 0 saturated heterocycles. The Labute approximate surface area is 214 Å². The topological polar surface area (TPSA) is 83.1 Å². The monoisotopic (exact) mass is 497 g/mol. The molecular weight excluding hydrogens is 457 g/mol. The summed E-state index contributed by atoms with van der Waals surface area (Å²) in [6, 6.07) is 5.09. The quantitative estimate of drug-likeness (QED) is 0.129. The third kappa shape index (κ3) is 7.58. The lowest BCUT2D eigenvalue weighted by atomic mass is 10.0. The molecule has 196 valence electrons. The van der Waals surface area contributed by atoms with Gasteiger partial charge in [-0.1, -0.05) is 96.8 Å². The van der Waals surface area contributed by atoms with Gasteiger partial charge in [-0.25, -0.2) is 9.29 Å². The van der Waals surface area contributed by atoms with E-state index in [0.717, 1.165) is 24.2 Å². The second kappa shape index (κ2) is 14.7. The number of imide groups is 1. The zero-order valence-corrected chi connectivity index (χ0v) is 21.6. The molecule has 2 amide bonds. The number of anilines is 1. The maximum atomic E-state index is 13.2. The Morgan fingerprint density at radius 3 is 1.81 bits per heavy atom. The van der Waals surface area contributed by atoms with E-state index in [1.54, 1.807) is 0 Å². The molecule has 0 radical (unpaired) electrons. The number of fused-ring (bicyclic) bond motifs is 1. The molecule has 36 heavy (non-hydrogen) atoms. The van der Waals surface area contributed by atoms with E-state index in [-0.39, 0.29) is 28.4 Å². The van der Waals surface area contributed by atoms with Gasteiger partial charge in [-0.2, -0.15) is 5.10 Å². The van der Waals surface area contributed by atoms with Crippen molar-refractivity contribution in [2.24, 2.45) is 0 Å². The average Bonchev–Trinajstić information content (AvgIpc) is 3.42. The number of ketones is 1. The highest BCUT2D eigenvalue weighted by molar-refractivity contribution is 6.35. The summed E-state index contributed by atoms with van der Waals surface area (Å²) in [7, 11) is 0. The van der Waals surface area contributed by atoms with Gasteiger partial charge in [0.25, 0.3) is 11.8 Å². The SMILES string of the molecule is CCCCCCCCCCCCCCCCCC(=O)c1n[nH]c2c1C(=O)N(c1ccc(F)cc1)C2=O. The van der Waals surface area contributed by atoms with Crippen LogP contribution in [0.25, 0.3) is 0 Å². The summed E-state index contributed by atoms with van der Waals surface area (Å²) in [5.41, 5.74) is 0.328. The number of hydrogen-bond acceptors (Lipinski definition) is 4. The summed E-state index contributed by atoms with van der Waals surface area (Å²) in [4.78, 5) is 39.2. The molecule has 1 N–H and O–H groups in total. The Kier molecular flexibility index (Phi) is 11.3. The first-order valence-electron chi connectivity index (χ1n) is 13.8. The molecule has 2 heterocycles. The number of carbonyl (C=O) groups is 3. The van der Waals surface area contributed by atoms with E-state index in [2.05, 4.69) is 17.1 Å². The number of rotatable bonds is 18. The molecule has 0 unspecified atom stereocenters. The summed E-state index contributed by atoms with van der Waals surface area (Å²) in [6.07, 6.45) is 19.1. The third-order valence-electron chi connectivity index (χ3n) is 6.96. The summed E-state index contributed by atoms with van der Waals surface area (Å²) in [6.45, 7) is 2.25. The summed E-state index contributed by atoms with van der Waals surface area (Å²) >= 11 is 0. The molecule has 0 saturated carbocycles. The van der Waals surface area contributed by atoms with Gasteiger partial charge in [0, 0.05) is 6.42 Å². The molecule has 6 nitrogen and oxygen atoms in total. The van der Waals surface area contributed by atoms with Crippen molar-refractivity contribution in [3.63, 3.8) is 0 Å². The maximum absolute atomic E-state index is 13.2. The summed E-state index contributed by atoms with van der Waals surface area (Å²) < 4.78 is 13.2. The molecule has 1 aliphatic rings. The molecule has 0 spiro atoms. The standard InChI is InChI=1S/C29H40FN3O3/c1-2-3-4-5-6-7-8-9-10-11-12-13-14-15-16-17-24(34)26-25-27(32-31-26)29(36)33(28(25)35)23-20-18-22(30)19-21-23/h18-21H,2-17H2,1H3,(H,31,32). The maximum Gasteiger partial charge on any atom is 0.284 e. The van der Waals surface area contributed by atoms with Crippen LogP contribution in [-0.4, -0.2) is 27.8 Å². The number of carbonyl (C=O) groups excluding carboxylic acids is 3. The molecule has 3 rings (SSSR count). The fourth-order valence-corrected chi connectivity index (χ4v) is 4.82. The number of nitrogens with zero attached hydrogens (tertiary/aromatic N) is 2.